The van der Waals surface area contributed by atoms with E-state index in [2.05, 4.69) is 35.2 Å². The summed E-state index contributed by atoms with van der Waals surface area (Å²) in [5, 5.41) is 2.94. The maximum absolute atomic E-state index is 12.0. The van der Waals surface area contributed by atoms with Crippen LogP contribution in [-0.2, 0) is 10.2 Å². The van der Waals surface area contributed by atoms with Gasteiger partial charge >= 0.3 is 0 Å². The molecule has 0 saturated carbocycles. The molecule has 104 valence electrons. The summed E-state index contributed by atoms with van der Waals surface area (Å²) in [5.74, 6) is 0.942. The summed E-state index contributed by atoms with van der Waals surface area (Å²) in [5.41, 5.74) is 4.43. The molecule has 1 aromatic heterocycles. The van der Waals surface area contributed by atoms with Gasteiger partial charge in [0.25, 0.3) is 0 Å². The van der Waals surface area contributed by atoms with Crippen LogP contribution in [0.1, 0.15) is 45.5 Å². The molecular weight excluding hydrogens is 250 g/mol. The average molecular weight is 269 g/mol. The van der Waals surface area contributed by atoms with Gasteiger partial charge in [0.1, 0.15) is 5.82 Å². The first-order valence-corrected chi connectivity index (χ1v) is 6.96. The maximum Gasteiger partial charge on any atom is 0.234 e. The first kappa shape index (κ1) is 12.9. The topological polar surface area (TPSA) is 57.8 Å². The lowest BCUT2D eigenvalue weighted by molar-refractivity contribution is -0.119. The monoisotopic (exact) mass is 269 g/mol. The van der Waals surface area contributed by atoms with Crippen LogP contribution in [-0.4, -0.2) is 15.9 Å². The summed E-state index contributed by atoms with van der Waals surface area (Å²) in [6.45, 7) is 8.05. The number of anilines is 1. The van der Waals surface area contributed by atoms with Gasteiger partial charge in [0, 0.05) is 5.69 Å². The third-order valence-corrected chi connectivity index (χ3v) is 3.99. The number of fused-ring (bicyclic) bond motifs is 2. The van der Waals surface area contributed by atoms with E-state index >= 15 is 0 Å². The fraction of sp³-hybridized carbons (Fsp3) is 0.375. The number of imidazole rings is 1. The Hall–Kier alpha value is -2.10. The fourth-order valence-electron chi connectivity index (χ4n) is 2.67. The molecule has 0 radical (unpaired) electrons. The number of hydrogen-bond donors (Lipinski definition) is 2. The number of rotatable bonds is 2. The van der Waals surface area contributed by atoms with Crippen LogP contribution in [0.3, 0.4) is 0 Å². The van der Waals surface area contributed by atoms with Gasteiger partial charge in [0.05, 0.1) is 16.4 Å². The average Bonchev–Trinajstić information content (AvgIpc) is 2.88. The summed E-state index contributed by atoms with van der Waals surface area (Å²) in [6, 6.07) is 3.99. The molecule has 0 unspecified atom stereocenters. The Morgan fingerprint density at radius 2 is 2.15 bits per heavy atom. The Morgan fingerprint density at radius 3 is 2.85 bits per heavy atom. The van der Waals surface area contributed by atoms with E-state index in [1.807, 2.05) is 26.0 Å². The second-order valence-corrected chi connectivity index (χ2v) is 5.87. The van der Waals surface area contributed by atoms with Gasteiger partial charge < -0.3 is 10.3 Å². The molecule has 1 aliphatic heterocycles. The Balaban J connectivity index is 2.16. The summed E-state index contributed by atoms with van der Waals surface area (Å²) in [6.07, 6.45) is 3.14. The number of nitrogens with one attached hydrogen (secondary N) is 2. The van der Waals surface area contributed by atoms with Crippen molar-refractivity contribution in [3.05, 3.63) is 29.6 Å². The van der Waals surface area contributed by atoms with Crippen molar-refractivity contribution in [2.45, 2.75) is 39.5 Å². The second-order valence-electron chi connectivity index (χ2n) is 5.87. The lowest BCUT2D eigenvalue weighted by atomic mass is 9.86. The predicted molar refractivity (Wildman–Crippen MR) is 81.7 cm³/mol. The highest BCUT2D eigenvalue weighted by molar-refractivity contribution is 6.07. The highest BCUT2D eigenvalue weighted by atomic mass is 16.2. The summed E-state index contributed by atoms with van der Waals surface area (Å²) >= 11 is 0. The summed E-state index contributed by atoms with van der Waals surface area (Å²) < 4.78 is 0. The minimum atomic E-state index is -0.489. The number of carbonyl (C=O) groups excluding carboxylic acids is 1. The first-order chi connectivity index (χ1) is 9.43. The molecule has 0 atom stereocenters. The van der Waals surface area contributed by atoms with Crippen molar-refractivity contribution in [3.8, 4) is 0 Å². The number of benzene rings is 1. The highest BCUT2D eigenvalue weighted by Crippen LogP contribution is 2.39. The van der Waals surface area contributed by atoms with Crippen molar-refractivity contribution >= 4 is 28.2 Å². The number of allylic oxidation sites excluding steroid dienone is 2. The number of aromatic nitrogens is 2. The first-order valence-electron chi connectivity index (χ1n) is 6.96. The Morgan fingerprint density at radius 1 is 1.40 bits per heavy atom. The highest BCUT2D eigenvalue weighted by Gasteiger charge is 2.38. The van der Waals surface area contributed by atoms with Gasteiger partial charge in [-0.25, -0.2) is 4.98 Å². The summed E-state index contributed by atoms with van der Waals surface area (Å²) in [7, 11) is 0. The molecule has 0 saturated heterocycles. The smallest absolute Gasteiger partial charge is 0.234 e. The van der Waals surface area contributed by atoms with Crippen LogP contribution in [0.4, 0.5) is 5.69 Å². The number of hydrogen-bond acceptors (Lipinski definition) is 2. The zero-order chi connectivity index (χ0) is 14.5. The number of amides is 1. The predicted octanol–water partition coefficient (Wildman–Crippen LogP) is 3.61. The van der Waals surface area contributed by atoms with Crippen molar-refractivity contribution in [2.24, 2.45) is 0 Å². The minimum Gasteiger partial charge on any atom is -0.338 e. The molecular formula is C16H19N3O. The van der Waals surface area contributed by atoms with Crippen LogP contribution in [0.15, 0.2) is 18.2 Å². The van der Waals surface area contributed by atoms with Crippen molar-refractivity contribution in [1.29, 1.82) is 0 Å². The number of H-pyrrole nitrogens is 1. The van der Waals surface area contributed by atoms with Crippen molar-refractivity contribution < 1.29 is 4.79 Å². The van der Waals surface area contributed by atoms with Crippen LogP contribution in [0.5, 0.6) is 0 Å². The molecule has 4 nitrogen and oxygen atoms in total. The van der Waals surface area contributed by atoms with Crippen molar-refractivity contribution in [3.63, 3.8) is 0 Å². The lowest BCUT2D eigenvalue weighted by Crippen LogP contribution is -2.26. The zero-order valence-electron chi connectivity index (χ0n) is 12.3. The molecule has 2 aromatic rings. The van der Waals surface area contributed by atoms with Gasteiger partial charge in [-0.3, -0.25) is 4.79 Å². The molecule has 0 fully saturated rings. The van der Waals surface area contributed by atoms with Crippen LogP contribution in [0.25, 0.3) is 16.6 Å². The van der Waals surface area contributed by atoms with E-state index in [9.17, 15) is 4.79 Å². The van der Waals surface area contributed by atoms with Crippen LogP contribution in [0.2, 0.25) is 0 Å². The van der Waals surface area contributed by atoms with E-state index in [1.54, 1.807) is 0 Å². The zero-order valence-corrected chi connectivity index (χ0v) is 12.3. The molecule has 2 N–H and O–H groups in total. The molecule has 1 amide bonds. The van der Waals surface area contributed by atoms with E-state index in [1.165, 1.54) is 0 Å². The molecule has 4 heteroatoms. The quantitative estimate of drug-likeness (QED) is 0.875. The molecule has 20 heavy (non-hydrogen) atoms. The van der Waals surface area contributed by atoms with Gasteiger partial charge in [-0.15, -0.1) is 0 Å². The van der Waals surface area contributed by atoms with Gasteiger partial charge in [0.2, 0.25) is 5.91 Å². The fourth-order valence-corrected chi connectivity index (χ4v) is 2.67. The van der Waals surface area contributed by atoms with Crippen molar-refractivity contribution in [1.82, 2.24) is 9.97 Å². The standard InChI is InChI=1S/C16H19N3O/c1-5-6-9(2)14-17-12-7-10-11(8-13(12)18-14)19-15(20)16(10,3)4/h6-8H,5H2,1-4H3,(H,17,18)(H,19,20). The normalized spacial score (nSPS) is 17.4. The summed E-state index contributed by atoms with van der Waals surface area (Å²) in [4.78, 5) is 19.9. The third kappa shape index (κ3) is 1.75. The minimum absolute atomic E-state index is 0.0439. The molecule has 1 aliphatic rings. The van der Waals surface area contributed by atoms with E-state index in [0.717, 1.165) is 40.1 Å². The number of aromatic amines is 1. The van der Waals surface area contributed by atoms with Crippen molar-refractivity contribution in [2.75, 3.05) is 5.32 Å². The van der Waals surface area contributed by atoms with Gasteiger partial charge in [0.15, 0.2) is 0 Å². The third-order valence-electron chi connectivity index (χ3n) is 3.99. The maximum atomic E-state index is 12.0. The number of nitrogens with zero attached hydrogens (tertiary/aromatic N) is 1. The second kappa shape index (κ2) is 4.20. The number of carbonyl (C=O) groups is 1. The molecule has 0 spiro atoms. The SMILES string of the molecule is CCC=C(C)c1nc2cc3c(cc2[nH]1)NC(=O)C3(C)C. The molecule has 0 bridgehead atoms. The molecule has 0 aliphatic carbocycles. The Kier molecular flexibility index (Phi) is 2.71. The lowest BCUT2D eigenvalue weighted by Gasteiger charge is -2.14. The van der Waals surface area contributed by atoms with E-state index in [4.69, 9.17) is 0 Å². The van der Waals surface area contributed by atoms with Crippen LogP contribution in [0, 0.1) is 0 Å². The molecule has 1 aromatic carbocycles. The van der Waals surface area contributed by atoms with E-state index in [-0.39, 0.29) is 5.91 Å². The van der Waals surface area contributed by atoms with Crippen LogP contribution < -0.4 is 5.32 Å². The largest absolute Gasteiger partial charge is 0.338 e. The Bertz CT molecular complexity index is 738. The van der Waals surface area contributed by atoms with Gasteiger partial charge in [-0.1, -0.05) is 13.0 Å². The van der Waals surface area contributed by atoms with Gasteiger partial charge in [-0.2, -0.15) is 0 Å². The van der Waals surface area contributed by atoms with Crippen LogP contribution >= 0.6 is 0 Å². The van der Waals surface area contributed by atoms with Gasteiger partial charge in [-0.05, 0) is 50.5 Å². The molecule has 2 heterocycles. The Labute approximate surface area is 118 Å². The van der Waals surface area contributed by atoms with E-state index < -0.39 is 5.41 Å². The van der Waals surface area contributed by atoms with E-state index in [0.29, 0.717) is 0 Å². The molecule has 3 rings (SSSR count).